The van der Waals surface area contributed by atoms with Crippen LogP contribution in [0, 0.1) is 5.92 Å². The Morgan fingerprint density at radius 2 is 1.84 bits per heavy atom. The summed E-state index contributed by atoms with van der Waals surface area (Å²) in [6.07, 6.45) is -0.482. The molecule has 1 N–H and O–H groups in total. The zero-order chi connectivity index (χ0) is 22.3. The van der Waals surface area contributed by atoms with Crippen LogP contribution >= 0.6 is 23.2 Å². The molecule has 0 aromatic heterocycles. The van der Waals surface area contributed by atoms with Crippen molar-refractivity contribution in [1.29, 1.82) is 0 Å². The molecule has 2 unspecified atom stereocenters. The number of hydrogen-bond acceptors (Lipinski definition) is 6. The Morgan fingerprint density at radius 3 is 2.48 bits per heavy atom. The number of nitrogens with zero attached hydrogens (tertiary/aromatic N) is 5. The van der Waals surface area contributed by atoms with Crippen molar-refractivity contribution in [3.05, 3.63) is 33.8 Å². The van der Waals surface area contributed by atoms with Crippen LogP contribution in [0.5, 0.6) is 0 Å². The summed E-state index contributed by atoms with van der Waals surface area (Å²) in [5, 5.41) is 3.59. The molecule has 2 fully saturated rings. The average molecular weight is 467 g/mol. The van der Waals surface area contributed by atoms with Gasteiger partial charge in [-0.3, -0.25) is 15.0 Å². The molecule has 8 nitrogen and oxygen atoms in total. The number of fused-ring (bicyclic) bond motifs is 1. The van der Waals surface area contributed by atoms with Gasteiger partial charge in [-0.25, -0.2) is 9.79 Å². The molecular formula is C21H28Cl2N6O2. The number of carbonyl (C=O) groups is 2. The zero-order valence-corrected chi connectivity index (χ0v) is 19.5. The van der Waals surface area contributed by atoms with Crippen LogP contribution in [0.2, 0.25) is 10.0 Å². The van der Waals surface area contributed by atoms with Crippen molar-refractivity contribution in [3.8, 4) is 0 Å². The summed E-state index contributed by atoms with van der Waals surface area (Å²) in [4.78, 5) is 37.8. The molecule has 3 heterocycles. The quantitative estimate of drug-likeness (QED) is 0.736. The largest absolute Gasteiger partial charge is 0.340 e. The number of imide groups is 1. The number of amides is 3. The molecule has 0 aliphatic carbocycles. The minimum atomic E-state index is -0.482. The first-order chi connectivity index (χ1) is 14.7. The van der Waals surface area contributed by atoms with Crippen LogP contribution in [-0.4, -0.2) is 89.5 Å². The highest BCUT2D eigenvalue weighted by Gasteiger charge is 2.49. The van der Waals surface area contributed by atoms with Gasteiger partial charge in [0.2, 0.25) is 0 Å². The lowest BCUT2D eigenvalue weighted by atomic mass is 10.1. The molecule has 1 aromatic rings. The minimum Gasteiger partial charge on any atom is -0.340 e. The maximum Gasteiger partial charge on any atom is 0.325 e. The van der Waals surface area contributed by atoms with Crippen LogP contribution in [0.1, 0.15) is 19.4 Å². The SMILES string of the molecule is CC(C)CN1C(N2CCN(Cc3ccc(Cl)c(Cl)c3)CC2)=NC2C1C(=O)NC(=O)N2C. The third-order valence-corrected chi connectivity index (χ3v) is 6.68. The molecule has 0 spiro atoms. The summed E-state index contributed by atoms with van der Waals surface area (Å²) in [6, 6.07) is 4.87. The fraction of sp³-hybridized carbons (Fsp3) is 0.571. The minimum absolute atomic E-state index is 0.272. The first-order valence-electron chi connectivity index (χ1n) is 10.6. The fourth-order valence-electron chi connectivity index (χ4n) is 4.37. The van der Waals surface area contributed by atoms with Gasteiger partial charge in [-0.1, -0.05) is 43.1 Å². The van der Waals surface area contributed by atoms with E-state index in [-0.39, 0.29) is 5.91 Å². The molecule has 3 aliphatic heterocycles. The smallest absolute Gasteiger partial charge is 0.325 e. The maximum atomic E-state index is 12.6. The normalized spacial score (nSPS) is 24.6. The highest BCUT2D eigenvalue weighted by molar-refractivity contribution is 6.42. The Hall–Kier alpha value is -2.03. The molecule has 2 saturated heterocycles. The van der Waals surface area contributed by atoms with E-state index in [1.54, 1.807) is 7.05 Å². The van der Waals surface area contributed by atoms with Crippen LogP contribution in [-0.2, 0) is 11.3 Å². The van der Waals surface area contributed by atoms with E-state index >= 15 is 0 Å². The maximum absolute atomic E-state index is 12.6. The predicted molar refractivity (Wildman–Crippen MR) is 121 cm³/mol. The second kappa shape index (κ2) is 8.84. The van der Waals surface area contributed by atoms with Crippen LogP contribution in [0.25, 0.3) is 0 Å². The van der Waals surface area contributed by atoms with Gasteiger partial charge >= 0.3 is 6.03 Å². The molecule has 3 amide bonds. The van der Waals surface area contributed by atoms with Gasteiger partial charge in [0.1, 0.15) is 0 Å². The summed E-state index contributed by atoms with van der Waals surface area (Å²) < 4.78 is 0. The van der Waals surface area contributed by atoms with E-state index in [0.717, 1.165) is 44.2 Å². The van der Waals surface area contributed by atoms with E-state index in [9.17, 15) is 9.59 Å². The number of rotatable bonds is 4. The Balaban J connectivity index is 1.46. The lowest BCUT2D eigenvalue weighted by molar-refractivity contribution is -0.127. The summed E-state index contributed by atoms with van der Waals surface area (Å²) in [6.45, 7) is 9.08. The molecule has 0 radical (unpaired) electrons. The molecule has 4 rings (SSSR count). The number of nitrogens with one attached hydrogen (secondary N) is 1. The lowest BCUT2D eigenvalue weighted by Crippen LogP contribution is -2.65. The van der Waals surface area contributed by atoms with E-state index in [1.165, 1.54) is 4.90 Å². The summed E-state index contributed by atoms with van der Waals surface area (Å²) in [7, 11) is 1.69. The Labute approximate surface area is 192 Å². The molecule has 3 aliphatic rings. The highest BCUT2D eigenvalue weighted by Crippen LogP contribution is 2.27. The van der Waals surface area contributed by atoms with Crippen molar-refractivity contribution in [2.75, 3.05) is 39.8 Å². The molecule has 0 saturated carbocycles. The Kier molecular flexibility index (Phi) is 6.32. The van der Waals surface area contributed by atoms with Crippen molar-refractivity contribution in [2.45, 2.75) is 32.6 Å². The standard InChI is InChI=1S/C21H28Cl2N6O2/c1-13(2)11-29-17-18(26(3)21(31)25-19(17)30)24-20(29)28-8-6-27(7-9-28)12-14-4-5-15(22)16(23)10-14/h4-5,10,13,17-18H,6-9,11-12H2,1-3H3,(H,25,30,31). The second-order valence-electron chi connectivity index (χ2n) is 8.75. The summed E-state index contributed by atoms with van der Waals surface area (Å²) in [5.74, 6) is 0.899. The highest BCUT2D eigenvalue weighted by atomic mass is 35.5. The summed E-state index contributed by atoms with van der Waals surface area (Å²) >= 11 is 12.2. The molecule has 2 atom stereocenters. The average Bonchev–Trinajstić information content (AvgIpc) is 3.09. The fourth-order valence-corrected chi connectivity index (χ4v) is 4.69. The van der Waals surface area contributed by atoms with Gasteiger partial charge in [0.25, 0.3) is 5.91 Å². The van der Waals surface area contributed by atoms with Gasteiger partial charge in [0.15, 0.2) is 18.2 Å². The number of benzene rings is 1. The molecule has 31 heavy (non-hydrogen) atoms. The first-order valence-corrected chi connectivity index (χ1v) is 11.3. The van der Waals surface area contributed by atoms with Crippen molar-refractivity contribution in [1.82, 2.24) is 24.9 Å². The number of halogens is 2. The van der Waals surface area contributed by atoms with E-state index < -0.39 is 18.2 Å². The van der Waals surface area contributed by atoms with E-state index in [0.29, 0.717) is 22.5 Å². The molecular weight excluding hydrogens is 439 g/mol. The van der Waals surface area contributed by atoms with Crippen molar-refractivity contribution < 1.29 is 9.59 Å². The van der Waals surface area contributed by atoms with Gasteiger partial charge in [0.05, 0.1) is 10.0 Å². The molecule has 10 heteroatoms. The van der Waals surface area contributed by atoms with E-state index in [4.69, 9.17) is 28.2 Å². The third kappa shape index (κ3) is 4.47. The number of guanidine groups is 1. The van der Waals surface area contributed by atoms with Crippen molar-refractivity contribution in [3.63, 3.8) is 0 Å². The van der Waals surface area contributed by atoms with Crippen molar-refractivity contribution in [2.24, 2.45) is 10.9 Å². The zero-order valence-electron chi connectivity index (χ0n) is 18.0. The van der Waals surface area contributed by atoms with Crippen LogP contribution in [0.15, 0.2) is 23.2 Å². The van der Waals surface area contributed by atoms with Crippen molar-refractivity contribution >= 4 is 41.1 Å². The number of aliphatic imine (C=N–C) groups is 1. The topological polar surface area (TPSA) is 71.5 Å². The number of piperazine rings is 1. The van der Waals surface area contributed by atoms with Crippen LogP contribution < -0.4 is 5.32 Å². The first kappa shape index (κ1) is 22.2. The number of hydrogen-bond donors (Lipinski definition) is 1. The number of carbonyl (C=O) groups excluding carboxylic acids is 2. The van der Waals surface area contributed by atoms with Gasteiger partial charge in [-0.05, 0) is 23.6 Å². The monoisotopic (exact) mass is 466 g/mol. The van der Waals surface area contributed by atoms with Gasteiger partial charge < -0.3 is 14.7 Å². The van der Waals surface area contributed by atoms with Gasteiger partial charge in [-0.2, -0.15) is 0 Å². The Bertz CT molecular complexity index is 900. The lowest BCUT2D eigenvalue weighted by Gasteiger charge is -2.41. The van der Waals surface area contributed by atoms with E-state index in [1.807, 2.05) is 18.2 Å². The number of likely N-dealkylation sites (N-methyl/N-ethyl adjacent to an activating group) is 1. The predicted octanol–water partition coefficient (Wildman–Crippen LogP) is 2.31. The van der Waals surface area contributed by atoms with Crippen LogP contribution in [0.3, 0.4) is 0 Å². The third-order valence-electron chi connectivity index (χ3n) is 5.95. The Morgan fingerprint density at radius 1 is 1.13 bits per heavy atom. The van der Waals surface area contributed by atoms with Gasteiger partial charge in [0, 0.05) is 46.3 Å². The van der Waals surface area contributed by atoms with Gasteiger partial charge in [-0.15, -0.1) is 0 Å². The molecule has 0 bridgehead atoms. The second-order valence-corrected chi connectivity index (χ2v) is 9.57. The molecule has 1 aromatic carbocycles. The van der Waals surface area contributed by atoms with E-state index in [2.05, 4.69) is 33.9 Å². The molecule has 168 valence electrons. The number of urea groups is 1. The summed E-state index contributed by atoms with van der Waals surface area (Å²) in [5.41, 5.74) is 1.13. The van der Waals surface area contributed by atoms with Crippen LogP contribution in [0.4, 0.5) is 4.79 Å².